The summed E-state index contributed by atoms with van der Waals surface area (Å²) >= 11 is 1.50. The number of unbranched alkanes of at least 4 members (excludes halogenated alkanes) is 1. The highest BCUT2D eigenvalue weighted by atomic mass is 32.2. The minimum Gasteiger partial charge on any atom is -0.494 e. The maximum Gasteiger partial charge on any atom is 0.286 e. The first-order valence-electron chi connectivity index (χ1n) is 8.76. The molecule has 4 nitrogen and oxygen atoms in total. The van der Waals surface area contributed by atoms with E-state index in [9.17, 15) is 4.79 Å². The Morgan fingerprint density at radius 1 is 1.21 bits per heavy atom. The molecular formula is C19H24N2O2S. The van der Waals surface area contributed by atoms with Crippen LogP contribution in [0.5, 0.6) is 5.75 Å². The van der Waals surface area contributed by atoms with Gasteiger partial charge in [0, 0.05) is 13.1 Å². The smallest absolute Gasteiger partial charge is 0.286 e. The molecule has 0 aliphatic carbocycles. The molecule has 0 atom stereocenters. The molecule has 2 heterocycles. The normalized spacial score (nSPS) is 19.7. The Hall–Kier alpha value is -1.75. The highest BCUT2D eigenvalue weighted by Gasteiger charge is 2.26. The Morgan fingerprint density at radius 3 is 2.67 bits per heavy atom. The summed E-state index contributed by atoms with van der Waals surface area (Å²) < 4.78 is 5.67. The van der Waals surface area contributed by atoms with Gasteiger partial charge in [-0.25, -0.2) is 0 Å². The van der Waals surface area contributed by atoms with Gasteiger partial charge in [-0.3, -0.25) is 4.79 Å². The summed E-state index contributed by atoms with van der Waals surface area (Å²) in [7, 11) is 0. The van der Waals surface area contributed by atoms with E-state index in [4.69, 9.17) is 4.74 Å². The van der Waals surface area contributed by atoms with Crippen LogP contribution in [0, 0.1) is 0 Å². The fraction of sp³-hybridized carbons (Fsp3) is 0.474. The molecule has 0 spiro atoms. The number of amides is 1. The number of carbonyl (C=O) groups excluding carboxylic acids is 1. The van der Waals surface area contributed by atoms with Crippen molar-refractivity contribution in [1.29, 1.82) is 0 Å². The van der Waals surface area contributed by atoms with E-state index in [1.807, 2.05) is 30.3 Å². The van der Waals surface area contributed by atoms with E-state index < -0.39 is 0 Å². The molecule has 1 saturated heterocycles. The summed E-state index contributed by atoms with van der Waals surface area (Å²) in [6.45, 7) is 4.92. The van der Waals surface area contributed by atoms with Crippen LogP contribution in [0.1, 0.15) is 44.6 Å². The molecule has 3 rings (SSSR count). The van der Waals surface area contributed by atoms with Crippen LogP contribution in [-0.2, 0) is 4.79 Å². The highest BCUT2D eigenvalue weighted by molar-refractivity contribution is 8.18. The Labute approximate surface area is 148 Å². The van der Waals surface area contributed by atoms with Gasteiger partial charge in [0.1, 0.15) is 5.75 Å². The number of rotatable bonds is 5. The number of ether oxygens (including phenoxy) is 1. The molecule has 5 heteroatoms. The molecule has 24 heavy (non-hydrogen) atoms. The number of benzene rings is 1. The van der Waals surface area contributed by atoms with Gasteiger partial charge in [-0.1, -0.05) is 25.5 Å². The standard InChI is InChI=1S/C19H24N2O2S/c1-2-3-13-23-16-9-7-15(8-10-16)14-17-18(22)20-19(24-17)21-11-5-4-6-12-21/h7-10,14H,2-6,11-13H2,1H3/b17-14-. The number of amidine groups is 1. The first kappa shape index (κ1) is 17.1. The molecule has 1 amide bonds. The van der Waals surface area contributed by atoms with Crippen LogP contribution in [0.3, 0.4) is 0 Å². The Morgan fingerprint density at radius 2 is 1.96 bits per heavy atom. The molecule has 2 aliphatic rings. The fourth-order valence-electron chi connectivity index (χ4n) is 2.76. The fourth-order valence-corrected chi connectivity index (χ4v) is 3.73. The van der Waals surface area contributed by atoms with Gasteiger partial charge in [0.05, 0.1) is 11.5 Å². The molecule has 0 bridgehead atoms. The van der Waals surface area contributed by atoms with Crippen molar-refractivity contribution in [2.75, 3.05) is 19.7 Å². The summed E-state index contributed by atoms with van der Waals surface area (Å²) in [6, 6.07) is 7.89. The molecule has 0 unspecified atom stereocenters. The number of hydrogen-bond acceptors (Lipinski definition) is 4. The summed E-state index contributed by atoms with van der Waals surface area (Å²) in [5, 5.41) is 0.866. The average Bonchev–Trinajstić information content (AvgIpc) is 2.98. The zero-order chi connectivity index (χ0) is 16.8. The number of thioether (sulfide) groups is 1. The number of likely N-dealkylation sites (tertiary alicyclic amines) is 1. The molecular weight excluding hydrogens is 320 g/mol. The van der Waals surface area contributed by atoms with Crippen molar-refractivity contribution in [2.24, 2.45) is 4.99 Å². The van der Waals surface area contributed by atoms with Crippen LogP contribution in [-0.4, -0.2) is 35.7 Å². The van der Waals surface area contributed by atoms with Crippen LogP contribution >= 0.6 is 11.8 Å². The van der Waals surface area contributed by atoms with Crippen LogP contribution in [0.15, 0.2) is 34.2 Å². The first-order chi connectivity index (χ1) is 11.8. The molecule has 0 radical (unpaired) electrons. The molecule has 128 valence electrons. The maximum atomic E-state index is 12.1. The predicted octanol–water partition coefficient (Wildman–Crippen LogP) is 4.32. The average molecular weight is 344 g/mol. The van der Waals surface area contributed by atoms with Gasteiger partial charge >= 0.3 is 0 Å². The van der Waals surface area contributed by atoms with Gasteiger partial charge in [-0.15, -0.1) is 0 Å². The number of nitrogens with zero attached hydrogens (tertiary/aromatic N) is 2. The van der Waals surface area contributed by atoms with E-state index in [1.54, 1.807) is 0 Å². The van der Waals surface area contributed by atoms with Crippen LogP contribution in [0.25, 0.3) is 6.08 Å². The van der Waals surface area contributed by atoms with Crippen molar-refractivity contribution in [2.45, 2.75) is 39.0 Å². The largest absolute Gasteiger partial charge is 0.494 e. The Balaban J connectivity index is 1.61. The number of aliphatic imine (C=N–C) groups is 1. The van der Waals surface area contributed by atoms with Crippen molar-refractivity contribution in [3.8, 4) is 5.75 Å². The third-order valence-corrected chi connectivity index (χ3v) is 5.22. The van der Waals surface area contributed by atoms with Gasteiger partial charge in [0.15, 0.2) is 5.17 Å². The van der Waals surface area contributed by atoms with E-state index in [2.05, 4.69) is 16.8 Å². The Bertz CT molecular complexity index is 631. The molecule has 1 aromatic carbocycles. The lowest BCUT2D eigenvalue weighted by atomic mass is 10.1. The predicted molar refractivity (Wildman–Crippen MR) is 100 cm³/mol. The molecule has 1 aromatic rings. The monoisotopic (exact) mass is 344 g/mol. The van der Waals surface area contributed by atoms with E-state index in [0.717, 1.165) is 49.0 Å². The van der Waals surface area contributed by atoms with Crippen molar-refractivity contribution in [3.05, 3.63) is 34.7 Å². The van der Waals surface area contributed by atoms with Crippen molar-refractivity contribution in [1.82, 2.24) is 4.90 Å². The lowest BCUT2D eigenvalue weighted by Gasteiger charge is -2.27. The maximum absolute atomic E-state index is 12.1. The lowest BCUT2D eigenvalue weighted by Crippen LogP contribution is -2.33. The van der Waals surface area contributed by atoms with E-state index in [1.165, 1.54) is 31.0 Å². The van der Waals surface area contributed by atoms with Crippen LogP contribution in [0.2, 0.25) is 0 Å². The van der Waals surface area contributed by atoms with Gasteiger partial charge < -0.3 is 9.64 Å². The second kappa shape index (κ2) is 8.38. The van der Waals surface area contributed by atoms with Gasteiger partial charge in [-0.05, 0) is 61.2 Å². The number of piperidine rings is 1. The topological polar surface area (TPSA) is 41.9 Å². The Kier molecular flexibility index (Phi) is 5.96. The first-order valence-corrected chi connectivity index (χ1v) is 9.58. The van der Waals surface area contributed by atoms with E-state index in [0.29, 0.717) is 4.91 Å². The summed E-state index contributed by atoms with van der Waals surface area (Å²) in [6.07, 6.45) is 7.76. The van der Waals surface area contributed by atoms with Crippen molar-refractivity contribution >= 4 is 28.9 Å². The van der Waals surface area contributed by atoms with Gasteiger partial charge in [0.25, 0.3) is 5.91 Å². The van der Waals surface area contributed by atoms with Gasteiger partial charge in [-0.2, -0.15) is 4.99 Å². The van der Waals surface area contributed by atoms with Crippen LogP contribution < -0.4 is 4.74 Å². The highest BCUT2D eigenvalue weighted by Crippen LogP contribution is 2.31. The summed E-state index contributed by atoms with van der Waals surface area (Å²) in [5.74, 6) is 0.755. The lowest BCUT2D eigenvalue weighted by molar-refractivity contribution is -0.113. The third-order valence-electron chi connectivity index (χ3n) is 4.18. The van der Waals surface area contributed by atoms with Crippen LogP contribution in [0.4, 0.5) is 0 Å². The third kappa shape index (κ3) is 4.41. The van der Waals surface area contributed by atoms with E-state index in [-0.39, 0.29) is 5.91 Å². The second-order valence-electron chi connectivity index (χ2n) is 6.13. The number of carbonyl (C=O) groups is 1. The molecule has 1 fully saturated rings. The second-order valence-corrected chi connectivity index (χ2v) is 7.14. The molecule has 2 aliphatic heterocycles. The summed E-state index contributed by atoms with van der Waals surface area (Å²) in [5.41, 5.74) is 1.00. The molecule has 0 aromatic heterocycles. The minimum atomic E-state index is -0.121. The molecule has 0 N–H and O–H groups in total. The number of hydrogen-bond donors (Lipinski definition) is 0. The van der Waals surface area contributed by atoms with Crippen molar-refractivity contribution < 1.29 is 9.53 Å². The van der Waals surface area contributed by atoms with Gasteiger partial charge in [0.2, 0.25) is 0 Å². The zero-order valence-electron chi connectivity index (χ0n) is 14.2. The van der Waals surface area contributed by atoms with E-state index >= 15 is 0 Å². The minimum absolute atomic E-state index is 0.121. The summed E-state index contributed by atoms with van der Waals surface area (Å²) in [4.78, 5) is 19.3. The SMILES string of the molecule is CCCCOc1ccc(/C=C2\SC(N3CCCCC3)=NC2=O)cc1. The van der Waals surface area contributed by atoms with Crippen molar-refractivity contribution in [3.63, 3.8) is 0 Å². The molecule has 0 saturated carbocycles. The quantitative estimate of drug-likeness (QED) is 0.589. The zero-order valence-corrected chi connectivity index (χ0v) is 15.0.